The summed E-state index contributed by atoms with van der Waals surface area (Å²) in [5, 5.41) is 12.2. The fraction of sp³-hybridized carbons (Fsp3) is 0.278. The summed E-state index contributed by atoms with van der Waals surface area (Å²) < 4.78 is 4.46. The average Bonchev–Trinajstić information content (AvgIpc) is 3.24. The summed E-state index contributed by atoms with van der Waals surface area (Å²) in [6.07, 6.45) is 2.85. The fourth-order valence-corrected chi connectivity index (χ4v) is 3.20. The van der Waals surface area contributed by atoms with Gasteiger partial charge in [0.15, 0.2) is 5.65 Å². The highest BCUT2D eigenvalue weighted by molar-refractivity contribution is 5.83. The van der Waals surface area contributed by atoms with Gasteiger partial charge in [-0.15, -0.1) is 5.10 Å². The second-order valence-corrected chi connectivity index (χ2v) is 6.57. The van der Waals surface area contributed by atoms with Gasteiger partial charge in [0.05, 0.1) is 12.1 Å². The number of carbonyl (C=O) groups is 1. The molecule has 0 saturated heterocycles. The minimum absolute atomic E-state index is 0.0775. The lowest BCUT2D eigenvalue weighted by Gasteiger charge is -2.13. The number of aromatic nitrogens is 6. The quantitative estimate of drug-likeness (QED) is 0.563. The number of rotatable bonds is 5. The van der Waals surface area contributed by atoms with Gasteiger partial charge in [-0.2, -0.15) is 5.10 Å². The normalized spacial score (nSPS) is 12.5. The van der Waals surface area contributed by atoms with E-state index in [2.05, 4.69) is 20.5 Å². The summed E-state index contributed by atoms with van der Waals surface area (Å²) >= 11 is 0. The number of benzene rings is 1. The summed E-state index contributed by atoms with van der Waals surface area (Å²) in [4.78, 5) is 28.8. The van der Waals surface area contributed by atoms with Crippen molar-refractivity contribution in [1.29, 1.82) is 0 Å². The molecule has 9 nitrogen and oxygen atoms in total. The highest BCUT2D eigenvalue weighted by atomic mass is 16.2. The molecular formula is C18H19N7O2. The molecule has 3 aromatic heterocycles. The van der Waals surface area contributed by atoms with E-state index in [1.807, 2.05) is 44.2 Å². The van der Waals surface area contributed by atoms with Crippen LogP contribution in [-0.4, -0.2) is 40.9 Å². The number of amides is 1. The molecule has 0 unspecified atom stereocenters. The first-order valence-electron chi connectivity index (χ1n) is 8.62. The van der Waals surface area contributed by atoms with Gasteiger partial charge in [0, 0.05) is 6.04 Å². The van der Waals surface area contributed by atoms with Gasteiger partial charge < -0.3 is 5.32 Å². The minimum atomic E-state index is -0.268. The lowest BCUT2D eigenvalue weighted by molar-refractivity contribution is -0.122. The predicted molar refractivity (Wildman–Crippen MR) is 99.3 cm³/mol. The van der Waals surface area contributed by atoms with Crippen molar-refractivity contribution in [3.8, 4) is 0 Å². The second kappa shape index (κ2) is 6.67. The SMILES string of the molecule is Cc1cc2ccccc2n2c(=O)n(C[C@@H](C)NC(=O)Cn3cncn3)nc12. The largest absolute Gasteiger partial charge is 0.350 e. The number of para-hydroxylation sites is 1. The smallest absolute Gasteiger partial charge is 0.350 e. The molecule has 138 valence electrons. The van der Waals surface area contributed by atoms with Gasteiger partial charge >= 0.3 is 5.69 Å². The Bertz CT molecular complexity index is 1170. The molecule has 9 heteroatoms. The third-order valence-corrected chi connectivity index (χ3v) is 4.37. The van der Waals surface area contributed by atoms with Gasteiger partial charge in [0.25, 0.3) is 0 Å². The Morgan fingerprint density at radius 2 is 2.11 bits per heavy atom. The number of aryl methyl sites for hydroxylation is 1. The molecule has 0 fully saturated rings. The van der Waals surface area contributed by atoms with Crippen molar-refractivity contribution >= 4 is 22.5 Å². The maximum absolute atomic E-state index is 12.9. The van der Waals surface area contributed by atoms with Crippen LogP contribution in [0, 0.1) is 6.92 Å². The van der Waals surface area contributed by atoms with Crippen molar-refractivity contribution in [2.45, 2.75) is 33.0 Å². The predicted octanol–water partition coefficient (Wildman–Crippen LogP) is 0.754. The summed E-state index contributed by atoms with van der Waals surface area (Å²) in [6, 6.07) is 9.46. The number of nitrogens with zero attached hydrogens (tertiary/aromatic N) is 6. The van der Waals surface area contributed by atoms with E-state index in [1.54, 1.807) is 4.40 Å². The standard InChI is InChI=1S/C18H19N7O2/c1-12-7-14-5-3-4-6-15(14)25-17(12)22-24(18(25)27)8-13(2)21-16(26)9-23-11-19-10-20-23/h3-7,10-11,13H,8-9H2,1-2H3,(H,21,26)/t13-/m1/s1. The first-order valence-corrected chi connectivity index (χ1v) is 8.62. The van der Waals surface area contributed by atoms with Gasteiger partial charge in [-0.1, -0.05) is 18.2 Å². The van der Waals surface area contributed by atoms with Gasteiger partial charge in [-0.25, -0.2) is 23.5 Å². The number of nitrogens with one attached hydrogen (secondary N) is 1. The van der Waals surface area contributed by atoms with Crippen molar-refractivity contribution in [2.75, 3.05) is 0 Å². The van der Waals surface area contributed by atoms with Crippen molar-refractivity contribution in [1.82, 2.24) is 34.3 Å². The van der Waals surface area contributed by atoms with E-state index < -0.39 is 0 Å². The molecule has 1 amide bonds. The average molecular weight is 365 g/mol. The van der Waals surface area contributed by atoms with Crippen LogP contribution in [0.2, 0.25) is 0 Å². The summed E-state index contributed by atoms with van der Waals surface area (Å²) in [7, 11) is 0. The highest BCUT2D eigenvalue weighted by Gasteiger charge is 2.15. The molecule has 1 aromatic carbocycles. The maximum atomic E-state index is 12.9. The summed E-state index contributed by atoms with van der Waals surface area (Å²) in [5.41, 5.74) is 2.15. The number of carbonyl (C=O) groups excluding carboxylic acids is 1. The first kappa shape index (κ1) is 17.0. The molecule has 0 aliphatic rings. The van der Waals surface area contributed by atoms with Crippen LogP contribution in [0.4, 0.5) is 0 Å². The van der Waals surface area contributed by atoms with Crippen LogP contribution in [0.3, 0.4) is 0 Å². The Morgan fingerprint density at radius 3 is 2.89 bits per heavy atom. The number of hydrogen-bond donors (Lipinski definition) is 1. The Labute approximate surface area is 154 Å². The third-order valence-electron chi connectivity index (χ3n) is 4.37. The van der Waals surface area contributed by atoms with Crippen LogP contribution in [0.25, 0.3) is 16.6 Å². The van der Waals surface area contributed by atoms with Crippen LogP contribution < -0.4 is 11.0 Å². The van der Waals surface area contributed by atoms with E-state index in [4.69, 9.17) is 0 Å². The van der Waals surface area contributed by atoms with Crippen LogP contribution in [0.5, 0.6) is 0 Å². The van der Waals surface area contributed by atoms with Gasteiger partial charge in [0.1, 0.15) is 19.2 Å². The Morgan fingerprint density at radius 1 is 1.30 bits per heavy atom. The van der Waals surface area contributed by atoms with E-state index in [0.717, 1.165) is 16.5 Å². The zero-order valence-electron chi connectivity index (χ0n) is 15.0. The Balaban J connectivity index is 1.59. The monoisotopic (exact) mass is 365 g/mol. The highest BCUT2D eigenvalue weighted by Crippen LogP contribution is 2.17. The van der Waals surface area contributed by atoms with Crippen molar-refractivity contribution in [2.24, 2.45) is 0 Å². The molecule has 3 heterocycles. The zero-order chi connectivity index (χ0) is 19.0. The van der Waals surface area contributed by atoms with Gasteiger partial charge in [-0.3, -0.25) is 4.79 Å². The van der Waals surface area contributed by atoms with Crippen LogP contribution >= 0.6 is 0 Å². The lowest BCUT2D eigenvalue weighted by Crippen LogP contribution is -2.40. The second-order valence-electron chi connectivity index (χ2n) is 6.57. The van der Waals surface area contributed by atoms with E-state index in [0.29, 0.717) is 5.65 Å². The lowest BCUT2D eigenvalue weighted by atomic mass is 10.1. The molecule has 1 atom stereocenters. The van der Waals surface area contributed by atoms with E-state index in [-0.39, 0.29) is 30.7 Å². The van der Waals surface area contributed by atoms with E-state index >= 15 is 0 Å². The molecule has 0 radical (unpaired) electrons. The summed E-state index contributed by atoms with van der Waals surface area (Å²) in [6.45, 7) is 4.12. The number of hydrogen-bond acceptors (Lipinski definition) is 5. The molecule has 0 aliphatic heterocycles. The zero-order valence-corrected chi connectivity index (χ0v) is 15.0. The minimum Gasteiger partial charge on any atom is -0.350 e. The molecule has 0 bridgehead atoms. The molecule has 0 aliphatic carbocycles. The molecule has 4 aromatic rings. The maximum Gasteiger partial charge on any atom is 0.350 e. The van der Waals surface area contributed by atoms with Gasteiger partial charge in [0.2, 0.25) is 5.91 Å². The molecule has 4 rings (SSSR count). The van der Waals surface area contributed by atoms with E-state index in [9.17, 15) is 9.59 Å². The molecule has 0 saturated carbocycles. The van der Waals surface area contributed by atoms with Crippen molar-refractivity contribution in [3.63, 3.8) is 0 Å². The third kappa shape index (κ3) is 3.19. The van der Waals surface area contributed by atoms with Crippen LogP contribution in [-0.2, 0) is 17.9 Å². The van der Waals surface area contributed by atoms with Crippen LogP contribution in [0.15, 0.2) is 47.8 Å². The molecule has 27 heavy (non-hydrogen) atoms. The van der Waals surface area contributed by atoms with Crippen LogP contribution in [0.1, 0.15) is 12.5 Å². The fourth-order valence-electron chi connectivity index (χ4n) is 3.20. The van der Waals surface area contributed by atoms with Crippen molar-refractivity contribution < 1.29 is 4.79 Å². The van der Waals surface area contributed by atoms with Gasteiger partial charge in [-0.05, 0) is 36.9 Å². The van der Waals surface area contributed by atoms with Crippen molar-refractivity contribution in [3.05, 3.63) is 59.0 Å². The molecule has 0 spiro atoms. The molecular weight excluding hydrogens is 346 g/mol. The van der Waals surface area contributed by atoms with E-state index in [1.165, 1.54) is 22.0 Å². The first-order chi connectivity index (χ1) is 13.0. The molecule has 1 N–H and O–H groups in total. The summed E-state index contributed by atoms with van der Waals surface area (Å²) in [5.74, 6) is -0.202. The topological polar surface area (TPSA) is 99.1 Å². The Hall–Kier alpha value is -3.49. The number of fused-ring (bicyclic) bond motifs is 3. The number of pyridine rings is 1. The Kier molecular flexibility index (Phi) is 4.19.